The number of rotatable bonds is 3. The van der Waals surface area contributed by atoms with E-state index in [4.69, 9.17) is 0 Å². The maximum absolute atomic E-state index is 11.8. The van der Waals surface area contributed by atoms with Crippen LogP contribution < -0.4 is 5.32 Å². The van der Waals surface area contributed by atoms with Crippen molar-refractivity contribution >= 4 is 5.97 Å². The Bertz CT molecular complexity index is 331. The molecule has 0 amide bonds. The van der Waals surface area contributed by atoms with Gasteiger partial charge in [0.15, 0.2) is 0 Å². The summed E-state index contributed by atoms with van der Waals surface area (Å²) in [5, 5.41) is 13.3. The van der Waals surface area contributed by atoms with Crippen LogP contribution in [0.3, 0.4) is 0 Å². The molecule has 0 aromatic heterocycles. The van der Waals surface area contributed by atoms with Crippen LogP contribution in [0.1, 0.15) is 77.0 Å². The Morgan fingerprint density at radius 1 is 0.895 bits per heavy atom. The molecule has 0 radical (unpaired) electrons. The lowest BCUT2D eigenvalue weighted by molar-refractivity contribution is -0.148. The van der Waals surface area contributed by atoms with Gasteiger partial charge in [0.05, 0.1) is 0 Å². The Morgan fingerprint density at radius 2 is 1.47 bits per heavy atom. The molecule has 3 rings (SSSR count). The van der Waals surface area contributed by atoms with Crippen LogP contribution >= 0.6 is 0 Å². The van der Waals surface area contributed by atoms with Gasteiger partial charge >= 0.3 is 5.97 Å². The predicted molar refractivity (Wildman–Crippen MR) is 75.1 cm³/mol. The average Bonchev–Trinajstić information content (AvgIpc) is 3.04. The van der Waals surface area contributed by atoms with E-state index in [1.165, 1.54) is 51.4 Å². The quantitative estimate of drug-likeness (QED) is 0.821. The van der Waals surface area contributed by atoms with E-state index in [2.05, 4.69) is 5.32 Å². The van der Waals surface area contributed by atoms with Gasteiger partial charge in [-0.25, -0.2) is 0 Å². The van der Waals surface area contributed by atoms with E-state index in [0.717, 1.165) is 25.7 Å². The highest BCUT2D eigenvalue weighted by Gasteiger charge is 2.48. The van der Waals surface area contributed by atoms with Gasteiger partial charge in [-0.05, 0) is 56.8 Å². The molecule has 19 heavy (non-hydrogen) atoms. The van der Waals surface area contributed by atoms with Gasteiger partial charge in [-0.1, -0.05) is 25.7 Å². The molecule has 0 atom stereocenters. The summed E-state index contributed by atoms with van der Waals surface area (Å²) < 4.78 is 0. The summed E-state index contributed by atoms with van der Waals surface area (Å²) in [6.45, 7) is 0. The van der Waals surface area contributed by atoms with E-state index >= 15 is 0 Å². The molecule has 0 bridgehead atoms. The van der Waals surface area contributed by atoms with Crippen LogP contribution in [0.4, 0.5) is 0 Å². The number of hydrogen-bond acceptors (Lipinski definition) is 2. The first-order chi connectivity index (χ1) is 9.14. The molecule has 3 heteroatoms. The highest BCUT2D eigenvalue weighted by Crippen LogP contribution is 2.51. The molecule has 1 spiro atoms. The van der Waals surface area contributed by atoms with Crippen molar-refractivity contribution in [3.05, 3.63) is 0 Å². The molecule has 0 heterocycles. The fourth-order valence-electron chi connectivity index (χ4n) is 4.71. The topological polar surface area (TPSA) is 49.3 Å². The van der Waals surface area contributed by atoms with Gasteiger partial charge in [-0.15, -0.1) is 0 Å². The lowest BCUT2D eigenvalue weighted by atomic mass is 9.66. The molecule has 3 fully saturated rings. The maximum Gasteiger partial charge on any atom is 0.323 e. The molecule has 3 saturated carbocycles. The van der Waals surface area contributed by atoms with Crippen molar-refractivity contribution in [2.75, 3.05) is 0 Å². The summed E-state index contributed by atoms with van der Waals surface area (Å²) in [4.78, 5) is 11.8. The first-order valence-corrected chi connectivity index (χ1v) is 8.15. The Balaban J connectivity index is 1.67. The molecule has 2 N–H and O–H groups in total. The molecule has 0 aromatic rings. The second-order valence-electron chi connectivity index (χ2n) is 7.22. The third-order valence-corrected chi connectivity index (χ3v) is 6.07. The zero-order valence-electron chi connectivity index (χ0n) is 11.9. The maximum atomic E-state index is 11.8. The molecule has 108 valence electrons. The minimum absolute atomic E-state index is 0.453. The number of nitrogens with one attached hydrogen (secondary N) is 1. The summed E-state index contributed by atoms with van der Waals surface area (Å²) in [7, 11) is 0. The smallest absolute Gasteiger partial charge is 0.323 e. The van der Waals surface area contributed by atoms with Gasteiger partial charge in [0, 0.05) is 6.04 Å². The molecule has 3 nitrogen and oxygen atoms in total. The molecule has 0 aliphatic heterocycles. The molecule has 0 unspecified atom stereocenters. The van der Waals surface area contributed by atoms with Crippen molar-refractivity contribution in [3.63, 3.8) is 0 Å². The zero-order valence-corrected chi connectivity index (χ0v) is 11.9. The largest absolute Gasteiger partial charge is 0.480 e. The second kappa shape index (κ2) is 5.08. The number of hydrogen-bond donors (Lipinski definition) is 2. The molecule has 0 saturated heterocycles. The second-order valence-corrected chi connectivity index (χ2v) is 7.22. The molecular formula is C16H27NO2. The minimum atomic E-state index is -0.608. The van der Waals surface area contributed by atoms with Crippen molar-refractivity contribution in [1.29, 1.82) is 0 Å². The number of carbonyl (C=O) groups is 1. The lowest BCUT2D eigenvalue weighted by Gasteiger charge is -2.44. The molecule has 3 aliphatic carbocycles. The summed E-state index contributed by atoms with van der Waals surface area (Å²) >= 11 is 0. The summed E-state index contributed by atoms with van der Waals surface area (Å²) in [6.07, 6.45) is 14.2. The Kier molecular flexibility index (Phi) is 3.59. The van der Waals surface area contributed by atoms with Gasteiger partial charge in [-0.2, -0.15) is 0 Å². The fourth-order valence-corrected chi connectivity index (χ4v) is 4.71. The van der Waals surface area contributed by atoms with Gasteiger partial charge in [-0.3, -0.25) is 10.1 Å². The van der Waals surface area contributed by atoms with Gasteiger partial charge in [0.2, 0.25) is 0 Å². The predicted octanol–water partition coefficient (Wildman–Crippen LogP) is 3.48. The first-order valence-electron chi connectivity index (χ1n) is 8.15. The van der Waals surface area contributed by atoms with E-state index in [1.54, 1.807) is 0 Å². The average molecular weight is 265 g/mol. The minimum Gasteiger partial charge on any atom is -0.480 e. The van der Waals surface area contributed by atoms with Crippen LogP contribution in [0.15, 0.2) is 0 Å². The van der Waals surface area contributed by atoms with Crippen LogP contribution in [-0.2, 0) is 4.79 Å². The SMILES string of the molecule is O=C(O)C1(NC2CCCC2)CCC2(CCCC2)CC1. The van der Waals surface area contributed by atoms with Crippen molar-refractivity contribution < 1.29 is 9.90 Å². The standard InChI is InChI=1S/C16H27NO2/c18-14(19)16(17-13-5-1-2-6-13)11-9-15(10-12-16)7-3-4-8-15/h13,17H,1-12H2,(H,18,19). The normalized spacial score (nSPS) is 29.9. The Labute approximate surface area is 116 Å². The number of aliphatic carboxylic acids is 1. The Morgan fingerprint density at radius 3 is 2.00 bits per heavy atom. The molecule has 3 aliphatic rings. The summed E-state index contributed by atoms with van der Waals surface area (Å²) in [6, 6.07) is 0.453. The first kappa shape index (κ1) is 13.4. The van der Waals surface area contributed by atoms with Crippen molar-refractivity contribution in [3.8, 4) is 0 Å². The van der Waals surface area contributed by atoms with E-state index < -0.39 is 11.5 Å². The van der Waals surface area contributed by atoms with Crippen molar-refractivity contribution in [2.24, 2.45) is 5.41 Å². The van der Waals surface area contributed by atoms with Crippen molar-refractivity contribution in [2.45, 2.75) is 88.6 Å². The number of carboxylic acid groups (broad SMARTS) is 1. The van der Waals surface area contributed by atoms with Crippen molar-refractivity contribution in [1.82, 2.24) is 5.32 Å². The third kappa shape index (κ3) is 2.54. The van der Waals surface area contributed by atoms with Crippen LogP contribution in [0, 0.1) is 5.41 Å². The summed E-state index contributed by atoms with van der Waals surface area (Å²) in [5.74, 6) is -0.604. The number of carboxylic acids is 1. The summed E-state index contributed by atoms with van der Waals surface area (Å²) in [5.41, 5.74) is -0.0981. The zero-order chi connectivity index (χ0) is 13.3. The Hall–Kier alpha value is -0.570. The van der Waals surface area contributed by atoms with Crippen LogP contribution in [-0.4, -0.2) is 22.7 Å². The van der Waals surface area contributed by atoms with Crippen LogP contribution in [0.25, 0.3) is 0 Å². The third-order valence-electron chi connectivity index (χ3n) is 6.07. The van der Waals surface area contributed by atoms with Gasteiger partial charge in [0.1, 0.15) is 5.54 Å². The van der Waals surface area contributed by atoms with Crippen LogP contribution in [0.2, 0.25) is 0 Å². The van der Waals surface area contributed by atoms with E-state index in [1.807, 2.05) is 0 Å². The van der Waals surface area contributed by atoms with Gasteiger partial charge < -0.3 is 5.11 Å². The lowest BCUT2D eigenvalue weighted by Crippen LogP contribution is -2.58. The highest BCUT2D eigenvalue weighted by molar-refractivity contribution is 5.79. The van der Waals surface area contributed by atoms with E-state index in [-0.39, 0.29) is 0 Å². The monoisotopic (exact) mass is 265 g/mol. The fraction of sp³-hybridized carbons (Fsp3) is 0.938. The highest BCUT2D eigenvalue weighted by atomic mass is 16.4. The molecule has 0 aromatic carbocycles. The van der Waals surface area contributed by atoms with Gasteiger partial charge in [0.25, 0.3) is 0 Å². The molecular weight excluding hydrogens is 238 g/mol. The van der Waals surface area contributed by atoms with E-state index in [0.29, 0.717) is 11.5 Å². The van der Waals surface area contributed by atoms with Crippen LogP contribution in [0.5, 0.6) is 0 Å². The van der Waals surface area contributed by atoms with E-state index in [9.17, 15) is 9.90 Å².